The van der Waals surface area contributed by atoms with Gasteiger partial charge in [0.15, 0.2) is 6.20 Å². The van der Waals surface area contributed by atoms with Crippen LogP contribution in [0, 0.1) is 12.8 Å². The van der Waals surface area contributed by atoms with Gasteiger partial charge in [-0.1, -0.05) is 86.8 Å². The first kappa shape index (κ1) is 24.0. The fourth-order valence-electron chi connectivity index (χ4n) is 5.55. The molecule has 0 atom stereocenters. The number of pyridine rings is 1. The molecule has 1 fully saturated rings. The van der Waals surface area contributed by atoms with E-state index in [9.17, 15) is 0 Å². The summed E-state index contributed by atoms with van der Waals surface area (Å²) in [5.74, 6) is 0.807. The first-order chi connectivity index (χ1) is 14.2. The summed E-state index contributed by atoms with van der Waals surface area (Å²) in [6.07, 6.45) is 9.35. The summed E-state index contributed by atoms with van der Waals surface area (Å²) in [6.45, 7) is 21.2. The molecule has 0 amide bonds. The third-order valence-corrected chi connectivity index (χ3v) is 7.76. The van der Waals surface area contributed by atoms with Crippen LogP contribution in [0.5, 0.6) is 0 Å². The predicted octanol–water partition coefficient (Wildman–Crippen LogP) is 7.94. The molecular formula is C30H46N+. The number of benzene rings is 1. The van der Waals surface area contributed by atoms with Crippen LogP contribution in [0.25, 0.3) is 11.3 Å². The van der Waals surface area contributed by atoms with Gasteiger partial charge in [0, 0.05) is 17.2 Å². The maximum Gasteiger partial charge on any atom is 0.212 e. The molecule has 2 aromatic rings. The number of nitrogens with zero attached hydrogens (tertiary/aromatic N) is 1. The van der Waals surface area contributed by atoms with Crippen LogP contribution in [0.4, 0.5) is 0 Å². The van der Waals surface area contributed by atoms with E-state index in [4.69, 9.17) is 0 Å². The smallest absolute Gasteiger partial charge is 0.201 e. The van der Waals surface area contributed by atoms with Crippen LogP contribution in [0.2, 0.25) is 0 Å². The zero-order chi connectivity index (χ0) is 23.2. The van der Waals surface area contributed by atoms with Crippen LogP contribution in [0.1, 0.15) is 110 Å². The maximum absolute atomic E-state index is 2.47. The maximum atomic E-state index is 2.47. The van der Waals surface area contributed by atoms with Gasteiger partial charge in [-0.05, 0) is 64.7 Å². The molecule has 1 nitrogen and oxygen atoms in total. The van der Waals surface area contributed by atoms with Gasteiger partial charge < -0.3 is 0 Å². The van der Waals surface area contributed by atoms with Gasteiger partial charge in [-0.25, -0.2) is 4.57 Å². The third-order valence-electron chi connectivity index (χ3n) is 7.76. The highest BCUT2D eigenvalue weighted by molar-refractivity contribution is 5.63. The highest BCUT2D eigenvalue weighted by atomic mass is 14.9. The minimum atomic E-state index is 0.114. The van der Waals surface area contributed by atoms with Gasteiger partial charge >= 0.3 is 0 Å². The van der Waals surface area contributed by atoms with Crippen LogP contribution in [-0.2, 0) is 23.3 Å². The Bertz CT molecular complexity index is 928. The van der Waals surface area contributed by atoms with E-state index in [1.807, 2.05) is 0 Å². The van der Waals surface area contributed by atoms with Gasteiger partial charge in [0.25, 0.3) is 0 Å². The summed E-state index contributed by atoms with van der Waals surface area (Å²) in [5.41, 5.74) is 8.96. The molecule has 1 saturated carbocycles. The van der Waals surface area contributed by atoms with Crippen LogP contribution < -0.4 is 4.57 Å². The molecule has 1 aromatic carbocycles. The van der Waals surface area contributed by atoms with Gasteiger partial charge in [0.2, 0.25) is 5.69 Å². The van der Waals surface area contributed by atoms with Crippen molar-refractivity contribution >= 4 is 0 Å². The van der Waals surface area contributed by atoms with Crippen molar-refractivity contribution in [3.8, 4) is 11.3 Å². The monoisotopic (exact) mass is 420 g/mol. The van der Waals surface area contributed by atoms with Crippen molar-refractivity contribution in [2.75, 3.05) is 0 Å². The second-order valence-corrected chi connectivity index (χ2v) is 12.7. The Morgan fingerprint density at radius 1 is 0.774 bits per heavy atom. The van der Waals surface area contributed by atoms with Gasteiger partial charge in [-0.2, -0.15) is 0 Å². The van der Waals surface area contributed by atoms with Gasteiger partial charge in [0.05, 0.1) is 0 Å². The molecule has 0 unspecified atom stereocenters. The van der Waals surface area contributed by atoms with Crippen molar-refractivity contribution in [2.24, 2.45) is 13.0 Å². The van der Waals surface area contributed by atoms with Crippen molar-refractivity contribution < 1.29 is 4.57 Å². The molecule has 170 valence electrons. The first-order valence-corrected chi connectivity index (χ1v) is 12.4. The minimum absolute atomic E-state index is 0.114. The average molecular weight is 421 g/mol. The Morgan fingerprint density at radius 3 is 1.87 bits per heavy atom. The lowest BCUT2D eigenvalue weighted by Crippen LogP contribution is -2.36. The molecule has 0 N–H and O–H groups in total. The van der Waals surface area contributed by atoms with Crippen molar-refractivity contribution in [1.82, 2.24) is 0 Å². The SMILES string of the molecule is Cc1cc(C(C)(C)C2CCCCC2)ccc1-c1cc(C(C)(C)C)c(C(C)(C)C)c[n+]1C. The molecule has 0 aliphatic heterocycles. The lowest BCUT2D eigenvalue weighted by Gasteiger charge is -2.38. The number of hydrogen-bond acceptors (Lipinski definition) is 0. The molecule has 1 aliphatic rings. The van der Waals surface area contributed by atoms with Gasteiger partial charge in [-0.15, -0.1) is 0 Å². The van der Waals surface area contributed by atoms with Crippen LogP contribution in [0.15, 0.2) is 30.5 Å². The molecule has 3 rings (SSSR count). The second kappa shape index (κ2) is 8.38. The van der Waals surface area contributed by atoms with E-state index in [-0.39, 0.29) is 16.2 Å². The summed E-state index contributed by atoms with van der Waals surface area (Å²) in [4.78, 5) is 0. The number of aryl methyl sites for hydroxylation is 2. The van der Waals surface area contributed by atoms with Gasteiger partial charge in [-0.3, -0.25) is 0 Å². The zero-order valence-corrected chi connectivity index (χ0v) is 21.9. The Morgan fingerprint density at radius 2 is 1.35 bits per heavy atom. The minimum Gasteiger partial charge on any atom is -0.201 e. The zero-order valence-electron chi connectivity index (χ0n) is 21.9. The summed E-state index contributed by atoms with van der Waals surface area (Å²) < 4.78 is 2.34. The van der Waals surface area contributed by atoms with Crippen LogP contribution in [-0.4, -0.2) is 0 Å². The highest BCUT2D eigenvalue weighted by Crippen LogP contribution is 2.42. The Balaban J connectivity index is 2.07. The van der Waals surface area contributed by atoms with Crippen molar-refractivity contribution in [3.05, 3.63) is 52.7 Å². The number of rotatable bonds is 3. The summed E-state index contributed by atoms with van der Waals surface area (Å²) in [5, 5.41) is 0. The fourth-order valence-corrected chi connectivity index (χ4v) is 5.55. The van der Waals surface area contributed by atoms with E-state index in [0.717, 1.165) is 5.92 Å². The lowest BCUT2D eigenvalue weighted by atomic mass is 9.67. The Hall–Kier alpha value is -1.63. The third kappa shape index (κ3) is 4.91. The Kier molecular flexibility index (Phi) is 6.49. The second-order valence-electron chi connectivity index (χ2n) is 12.7. The Labute approximate surface area is 192 Å². The molecule has 1 heteroatoms. The van der Waals surface area contributed by atoms with Crippen molar-refractivity contribution in [1.29, 1.82) is 0 Å². The van der Waals surface area contributed by atoms with Crippen LogP contribution >= 0.6 is 0 Å². The predicted molar refractivity (Wildman–Crippen MR) is 135 cm³/mol. The molecule has 31 heavy (non-hydrogen) atoms. The molecular weight excluding hydrogens is 374 g/mol. The highest BCUT2D eigenvalue weighted by Gasteiger charge is 2.33. The van der Waals surface area contributed by atoms with Crippen molar-refractivity contribution in [2.45, 2.75) is 111 Å². The summed E-state index contributed by atoms with van der Waals surface area (Å²) in [7, 11) is 2.20. The first-order valence-electron chi connectivity index (χ1n) is 12.4. The summed E-state index contributed by atoms with van der Waals surface area (Å²) >= 11 is 0. The topological polar surface area (TPSA) is 3.88 Å². The van der Waals surface area contributed by atoms with E-state index >= 15 is 0 Å². The standard InChI is InChI=1S/C30H46N/c1-21-18-23(30(8,9)22-14-12-11-13-15-22)16-17-24(21)27-19-25(28(2,3)4)26(20-31(27)10)29(5,6)7/h16-20,22H,11-15H2,1-10H3/q+1. The fraction of sp³-hybridized carbons (Fsp3) is 0.633. The molecule has 1 aliphatic carbocycles. The molecule has 0 spiro atoms. The molecule has 0 bridgehead atoms. The van der Waals surface area contributed by atoms with E-state index in [1.54, 1.807) is 0 Å². The van der Waals surface area contributed by atoms with Crippen molar-refractivity contribution in [3.63, 3.8) is 0 Å². The lowest BCUT2D eigenvalue weighted by molar-refractivity contribution is -0.661. The number of hydrogen-bond donors (Lipinski definition) is 0. The van der Waals surface area contributed by atoms with E-state index < -0.39 is 0 Å². The van der Waals surface area contributed by atoms with E-state index in [1.165, 1.54) is 65.6 Å². The van der Waals surface area contributed by atoms with E-state index in [0.29, 0.717) is 0 Å². The van der Waals surface area contributed by atoms with E-state index in [2.05, 4.69) is 104 Å². The molecule has 0 saturated heterocycles. The molecule has 1 heterocycles. The molecule has 1 aromatic heterocycles. The largest absolute Gasteiger partial charge is 0.212 e. The quantitative estimate of drug-likeness (QED) is 0.444. The van der Waals surface area contributed by atoms with Crippen LogP contribution in [0.3, 0.4) is 0 Å². The molecule has 0 radical (unpaired) electrons. The normalized spacial score (nSPS) is 16.6. The summed E-state index contributed by atoms with van der Waals surface area (Å²) in [6, 6.07) is 9.71. The average Bonchev–Trinajstić information content (AvgIpc) is 2.67. The van der Waals surface area contributed by atoms with Gasteiger partial charge in [0.1, 0.15) is 7.05 Å². The number of aromatic nitrogens is 1.